The largest absolute Gasteiger partial charge is 0.481 e. The Balaban J connectivity index is 1.97. The van der Waals surface area contributed by atoms with Crippen molar-refractivity contribution in [2.45, 2.75) is 38.8 Å². The van der Waals surface area contributed by atoms with Crippen molar-refractivity contribution >= 4 is 11.9 Å². The second kappa shape index (κ2) is 9.56. The maximum absolute atomic E-state index is 12.4. The van der Waals surface area contributed by atoms with Crippen LogP contribution in [0.2, 0.25) is 0 Å². The number of methoxy groups -OCH3 is 1. The van der Waals surface area contributed by atoms with Crippen LogP contribution in [0.25, 0.3) is 0 Å². The number of nitrogens with zero attached hydrogens (tertiary/aromatic N) is 1. The molecule has 0 saturated carbocycles. The summed E-state index contributed by atoms with van der Waals surface area (Å²) in [5.41, 5.74) is 1.29. The number of hydrogen-bond acceptors (Lipinski definition) is 5. The number of pyridine rings is 1. The zero-order valence-electron chi connectivity index (χ0n) is 15.3. The van der Waals surface area contributed by atoms with Crippen LogP contribution in [0.3, 0.4) is 0 Å². The van der Waals surface area contributed by atoms with E-state index in [1.54, 1.807) is 19.1 Å². The van der Waals surface area contributed by atoms with Gasteiger partial charge in [0.05, 0.1) is 18.7 Å². The van der Waals surface area contributed by atoms with Crippen molar-refractivity contribution in [3.8, 4) is 5.88 Å². The van der Waals surface area contributed by atoms with E-state index < -0.39 is 12.1 Å². The van der Waals surface area contributed by atoms with Gasteiger partial charge in [0.2, 0.25) is 5.88 Å². The van der Waals surface area contributed by atoms with Gasteiger partial charge < -0.3 is 14.8 Å². The molecule has 0 saturated heterocycles. The lowest BCUT2D eigenvalue weighted by molar-refractivity contribution is -0.129. The third-order valence-electron chi connectivity index (χ3n) is 3.93. The van der Waals surface area contributed by atoms with Crippen molar-refractivity contribution in [3.05, 3.63) is 59.8 Å². The monoisotopic (exact) mass is 356 g/mol. The molecule has 6 nitrogen and oxygen atoms in total. The van der Waals surface area contributed by atoms with Crippen LogP contribution in [0.1, 0.15) is 48.7 Å². The predicted octanol–water partition coefficient (Wildman–Crippen LogP) is 3.29. The summed E-state index contributed by atoms with van der Waals surface area (Å²) in [5.74, 6) is -0.533. The van der Waals surface area contributed by atoms with Gasteiger partial charge in [-0.15, -0.1) is 0 Å². The first-order valence-corrected chi connectivity index (χ1v) is 8.61. The minimum Gasteiger partial charge on any atom is -0.481 e. The van der Waals surface area contributed by atoms with Gasteiger partial charge in [-0.1, -0.05) is 43.7 Å². The normalized spacial score (nSPS) is 12.7. The molecule has 0 radical (unpaired) electrons. The summed E-state index contributed by atoms with van der Waals surface area (Å²) in [6, 6.07) is 12.7. The van der Waals surface area contributed by atoms with Crippen LogP contribution in [-0.2, 0) is 9.53 Å². The van der Waals surface area contributed by atoms with Crippen molar-refractivity contribution < 1.29 is 19.1 Å². The molecule has 0 aliphatic rings. The number of carbonyl (C=O) groups is 2. The molecule has 2 rings (SSSR count). The van der Waals surface area contributed by atoms with Crippen molar-refractivity contribution in [2.24, 2.45) is 0 Å². The summed E-state index contributed by atoms with van der Waals surface area (Å²) in [5, 5.41) is 2.96. The molecular weight excluding hydrogens is 332 g/mol. The Morgan fingerprint density at radius 2 is 1.88 bits per heavy atom. The molecule has 26 heavy (non-hydrogen) atoms. The molecule has 0 aliphatic carbocycles. The van der Waals surface area contributed by atoms with Gasteiger partial charge >= 0.3 is 5.97 Å². The number of nitrogens with one attached hydrogen (secondary N) is 1. The molecule has 1 heterocycles. The van der Waals surface area contributed by atoms with Gasteiger partial charge in [-0.05, 0) is 25.0 Å². The molecule has 1 aromatic heterocycles. The van der Waals surface area contributed by atoms with Crippen LogP contribution < -0.4 is 10.1 Å². The average molecular weight is 356 g/mol. The second-order valence-electron chi connectivity index (χ2n) is 5.90. The number of amides is 1. The molecule has 2 atom stereocenters. The second-order valence-corrected chi connectivity index (χ2v) is 5.90. The minimum atomic E-state index is -0.910. The van der Waals surface area contributed by atoms with Crippen molar-refractivity contribution in [3.63, 3.8) is 0 Å². The SMILES string of the molecule is CCC[C@H](NC(=O)[C@@H](C)OC(=O)c1ccc(OC)nc1)c1ccccc1. The molecule has 0 aliphatic heterocycles. The Labute approximate surface area is 153 Å². The van der Waals surface area contributed by atoms with Crippen LogP contribution in [0.5, 0.6) is 5.88 Å². The minimum absolute atomic E-state index is 0.113. The Morgan fingerprint density at radius 1 is 1.15 bits per heavy atom. The first-order chi connectivity index (χ1) is 12.5. The highest BCUT2D eigenvalue weighted by Gasteiger charge is 2.22. The first-order valence-electron chi connectivity index (χ1n) is 8.61. The highest BCUT2D eigenvalue weighted by molar-refractivity contribution is 5.92. The topological polar surface area (TPSA) is 77.5 Å². The van der Waals surface area contributed by atoms with Gasteiger partial charge in [0.25, 0.3) is 5.91 Å². The lowest BCUT2D eigenvalue weighted by atomic mass is 10.0. The van der Waals surface area contributed by atoms with Gasteiger partial charge in [0, 0.05) is 12.3 Å². The third-order valence-corrected chi connectivity index (χ3v) is 3.93. The van der Waals surface area contributed by atoms with E-state index in [0.717, 1.165) is 18.4 Å². The van der Waals surface area contributed by atoms with Crippen molar-refractivity contribution in [2.75, 3.05) is 7.11 Å². The average Bonchev–Trinajstić information content (AvgIpc) is 2.68. The fourth-order valence-corrected chi connectivity index (χ4v) is 2.49. The van der Waals surface area contributed by atoms with Crippen LogP contribution >= 0.6 is 0 Å². The van der Waals surface area contributed by atoms with E-state index in [1.165, 1.54) is 13.3 Å². The summed E-state index contributed by atoms with van der Waals surface area (Å²) in [6.45, 7) is 3.61. The standard InChI is InChI=1S/C20H24N2O4/c1-4-8-17(15-9-6-5-7-10-15)22-19(23)14(2)26-20(24)16-11-12-18(25-3)21-13-16/h5-7,9-14,17H,4,8H2,1-3H3,(H,22,23)/t14-,17+/m1/s1. The zero-order valence-corrected chi connectivity index (χ0v) is 15.3. The van der Waals surface area contributed by atoms with E-state index in [2.05, 4.69) is 17.2 Å². The quantitative estimate of drug-likeness (QED) is 0.735. The van der Waals surface area contributed by atoms with Gasteiger partial charge in [-0.3, -0.25) is 4.79 Å². The Hall–Kier alpha value is -2.89. The number of ether oxygens (including phenoxy) is 2. The van der Waals surface area contributed by atoms with E-state index in [4.69, 9.17) is 9.47 Å². The number of carbonyl (C=O) groups excluding carboxylic acids is 2. The van der Waals surface area contributed by atoms with Gasteiger partial charge in [0.1, 0.15) is 0 Å². The maximum atomic E-state index is 12.4. The summed E-state index contributed by atoms with van der Waals surface area (Å²) < 4.78 is 10.2. The molecule has 1 amide bonds. The highest BCUT2D eigenvalue weighted by Crippen LogP contribution is 2.18. The molecule has 0 spiro atoms. The third kappa shape index (κ3) is 5.31. The maximum Gasteiger partial charge on any atom is 0.340 e. The van der Waals surface area contributed by atoms with Crippen LogP contribution in [0, 0.1) is 0 Å². The zero-order chi connectivity index (χ0) is 18.9. The summed E-state index contributed by atoms with van der Waals surface area (Å²) in [4.78, 5) is 28.6. The number of aromatic nitrogens is 1. The Bertz CT molecular complexity index is 716. The molecular formula is C20H24N2O4. The van der Waals surface area contributed by atoms with Crippen LogP contribution in [0.15, 0.2) is 48.7 Å². The summed E-state index contributed by atoms with van der Waals surface area (Å²) in [7, 11) is 1.49. The Morgan fingerprint density at radius 3 is 2.46 bits per heavy atom. The van der Waals surface area contributed by atoms with Gasteiger partial charge in [-0.2, -0.15) is 0 Å². The molecule has 0 fully saturated rings. The van der Waals surface area contributed by atoms with E-state index in [9.17, 15) is 9.59 Å². The predicted molar refractivity (Wildman–Crippen MR) is 97.9 cm³/mol. The van der Waals surface area contributed by atoms with Gasteiger partial charge in [-0.25, -0.2) is 9.78 Å². The molecule has 138 valence electrons. The van der Waals surface area contributed by atoms with E-state index in [1.807, 2.05) is 30.3 Å². The highest BCUT2D eigenvalue weighted by atomic mass is 16.5. The van der Waals surface area contributed by atoms with Crippen LogP contribution in [0.4, 0.5) is 0 Å². The number of benzene rings is 1. The Kier molecular flexibility index (Phi) is 7.14. The summed E-state index contributed by atoms with van der Waals surface area (Å²) >= 11 is 0. The fraction of sp³-hybridized carbons (Fsp3) is 0.350. The van der Waals surface area contributed by atoms with E-state index in [0.29, 0.717) is 5.88 Å². The summed E-state index contributed by atoms with van der Waals surface area (Å²) in [6.07, 6.45) is 2.17. The molecule has 0 unspecified atom stereocenters. The number of rotatable bonds is 8. The first kappa shape index (κ1) is 19.4. The molecule has 6 heteroatoms. The molecule has 1 N–H and O–H groups in total. The lowest BCUT2D eigenvalue weighted by Gasteiger charge is -2.21. The van der Waals surface area contributed by atoms with E-state index >= 15 is 0 Å². The molecule has 2 aromatic rings. The fourth-order valence-electron chi connectivity index (χ4n) is 2.49. The van der Waals surface area contributed by atoms with E-state index in [-0.39, 0.29) is 17.5 Å². The van der Waals surface area contributed by atoms with Crippen LogP contribution in [-0.4, -0.2) is 30.1 Å². The number of esters is 1. The number of hydrogen-bond donors (Lipinski definition) is 1. The van der Waals surface area contributed by atoms with Crippen molar-refractivity contribution in [1.29, 1.82) is 0 Å². The molecule has 0 bridgehead atoms. The lowest BCUT2D eigenvalue weighted by Crippen LogP contribution is -2.38. The van der Waals surface area contributed by atoms with Gasteiger partial charge in [0.15, 0.2) is 6.10 Å². The molecule has 1 aromatic carbocycles. The smallest absolute Gasteiger partial charge is 0.340 e. The van der Waals surface area contributed by atoms with Crippen molar-refractivity contribution in [1.82, 2.24) is 10.3 Å².